The molecule has 0 spiro atoms. The average Bonchev–Trinajstić information content (AvgIpc) is 2.38. The molecule has 92 valence electrons. The molecule has 1 heterocycles. The standard InChI is InChI=1S/C16H18N2/c17-8-15-2-1-12(9-18-15)16-13-4-10-3-11(6-13)7-14(16)5-10/h1-2,9-11,13-14,16H,3-7H2. The van der Waals surface area contributed by atoms with Crippen LogP contribution in [-0.4, -0.2) is 4.98 Å². The maximum absolute atomic E-state index is 8.83. The minimum atomic E-state index is 0.544. The number of rotatable bonds is 1. The molecule has 0 aliphatic heterocycles. The fourth-order valence-corrected chi connectivity index (χ4v) is 5.14. The summed E-state index contributed by atoms with van der Waals surface area (Å²) in [4.78, 5) is 4.27. The van der Waals surface area contributed by atoms with Crippen molar-refractivity contribution in [1.82, 2.24) is 4.98 Å². The molecule has 4 bridgehead atoms. The first-order valence-electron chi connectivity index (χ1n) is 7.19. The highest BCUT2D eigenvalue weighted by Crippen LogP contribution is 2.59. The fourth-order valence-electron chi connectivity index (χ4n) is 5.14. The molecule has 4 aliphatic rings. The molecule has 2 nitrogen and oxygen atoms in total. The first-order valence-corrected chi connectivity index (χ1v) is 7.19. The number of hydrogen-bond acceptors (Lipinski definition) is 2. The minimum absolute atomic E-state index is 0.544. The summed E-state index contributed by atoms with van der Waals surface area (Å²) < 4.78 is 0. The van der Waals surface area contributed by atoms with Gasteiger partial charge in [0.15, 0.2) is 0 Å². The summed E-state index contributed by atoms with van der Waals surface area (Å²) in [5.41, 5.74) is 1.94. The molecule has 18 heavy (non-hydrogen) atoms. The summed E-state index contributed by atoms with van der Waals surface area (Å²) in [5.74, 6) is 4.58. The lowest BCUT2D eigenvalue weighted by Crippen LogP contribution is -2.43. The quantitative estimate of drug-likeness (QED) is 0.751. The molecular formula is C16H18N2. The van der Waals surface area contributed by atoms with Crippen LogP contribution in [0.15, 0.2) is 18.3 Å². The molecule has 0 amide bonds. The third-order valence-electron chi connectivity index (χ3n) is 5.51. The van der Waals surface area contributed by atoms with Crippen LogP contribution in [0.3, 0.4) is 0 Å². The summed E-state index contributed by atoms with van der Waals surface area (Å²) in [7, 11) is 0. The molecule has 1 aromatic rings. The zero-order chi connectivity index (χ0) is 12.1. The molecular weight excluding hydrogens is 220 g/mol. The van der Waals surface area contributed by atoms with E-state index in [0.29, 0.717) is 5.69 Å². The third kappa shape index (κ3) is 1.50. The zero-order valence-electron chi connectivity index (χ0n) is 10.5. The predicted molar refractivity (Wildman–Crippen MR) is 68.7 cm³/mol. The van der Waals surface area contributed by atoms with Gasteiger partial charge in [-0.15, -0.1) is 0 Å². The Bertz CT molecular complexity index is 469. The van der Waals surface area contributed by atoms with Gasteiger partial charge in [-0.3, -0.25) is 0 Å². The maximum Gasteiger partial charge on any atom is 0.140 e. The lowest BCUT2D eigenvalue weighted by molar-refractivity contribution is -0.00288. The molecule has 0 atom stereocenters. The lowest BCUT2D eigenvalue weighted by atomic mass is 9.51. The topological polar surface area (TPSA) is 36.7 Å². The van der Waals surface area contributed by atoms with Crippen LogP contribution in [0.1, 0.15) is 49.3 Å². The Morgan fingerprint density at radius 2 is 1.67 bits per heavy atom. The van der Waals surface area contributed by atoms with E-state index in [-0.39, 0.29) is 0 Å². The van der Waals surface area contributed by atoms with Gasteiger partial charge >= 0.3 is 0 Å². The monoisotopic (exact) mass is 238 g/mol. The number of nitrogens with zero attached hydrogens (tertiary/aromatic N) is 2. The Hall–Kier alpha value is -1.36. The average molecular weight is 238 g/mol. The van der Waals surface area contributed by atoms with Crippen molar-refractivity contribution in [2.45, 2.75) is 38.0 Å². The van der Waals surface area contributed by atoms with E-state index in [4.69, 9.17) is 5.26 Å². The Labute approximate surface area is 108 Å². The van der Waals surface area contributed by atoms with Crippen molar-refractivity contribution in [1.29, 1.82) is 5.26 Å². The largest absolute Gasteiger partial charge is 0.245 e. The second-order valence-corrected chi connectivity index (χ2v) is 6.55. The van der Waals surface area contributed by atoms with E-state index in [0.717, 1.165) is 29.6 Å². The van der Waals surface area contributed by atoms with Crippen molar-refractivity contribution in [2.75, 3.05) is 0 Å². The number of hydrogen-bond donors (Lipinski definition) is 0. The van der Waals surface area contributed by atoms with E-state index >= 15 is 0 Å². The molecule has 4 saturated carbocycles. The molecule has 0 unspecified atom stereocenters. The number of aromatic nitrogens is 1. The molecule has 2 heteroatoms. The van der Waals surface area contributed by atoms with Gasteiger partial charge < -0.3 is 0 Å². The van der Waals surface area contributed by atoms with E-state index < -0.39 is 0 Å². The minimum Gasteiger partial charge on any atom is -0.245 e. The highest BCUT2D eigenvalue weighted by Gasteiger charge is 2.48. The second kappa shape index (κ2) is 3.82. The van der Waals surface area contributed by atoms with Crippen LogP contribution in [-0.2, 0) is 0 Å². The van der Waals surface area contributed by atoms with Gasteiger partial charge in [0.05, 0.1) is 0 Å². The maximum atomic E-state index is 8.83. The van der Waals surface area contributed by atoms with Crippen LogP contribution in [0.5, 0.6) is 0 Å². The van der Waals surface area contributed by atoms with E-state index in [2.05, 4.69) is 17.1 Å². The molecule has 4 aliphatic carbocycles. The van der Waals surface area contributed by atoms with Gasteiger partial charge in [0.2, 0.25) is 0 Å². The second-order valence-electron chi connectivity index (χ2n) is 6.55. The van der Waals surface area contributed by atoms with E-state index in [1.54, 1.807) is 0 Å². The highest BCUT2D eigenvalue weighted by molar-refractivity contribution is 5.27. The van der Waals surface area contributed by atoms with Crippen molar-refractivity contribution in [2.24, 2.45) is 23.7 Å². The van der Waals surface area contributed by atoms with Crippen LogP contribution in [0.25, 0.3) is 0 Å². The van der Waals surface area contributed by atoms with Crippen LogP contribution in [0.2, 0.25) is 0 Å². The zero-order valence-corrected chi connectivity index (χ0v) is 10.5. The van der Waals surface area contributed by atoms with Gasteiger partial charge in [0.1, 0.15) is 11.8 Å². The van der Waals surface area contributed by atoms with E-state index in [1.165, 1.54) is 37.7 Å². The Morgan fingerprint density at radius 1 is 1.00 bits per heavy atom. The van der Waals surface area contributed by atoms with Crippen molar-refractivity contribution < 1.29 is 0 Å². The summed E-state index contributed by atoms with van der Waals surface area (Å²) >= 11 is 0. The summed E-state index contributed by atoms with van der Waals surface area (Å²) in [5, 5.41) is 8.83. The van der Waals surface area contributed by atoms with Crippen molar-refractivity contribution in [3.63, 3.8) is 0 Å². The fraction of sp³-hybridized carbons (Fsp3) is 0.625. The van der Waals surface area contributed by atoms with E-state index in [1.807, 2.05) is 12.3 Å². The lowest BCUT2D eigenvalue weighted by Gasteiger charge is -2.54. The van der Waals surface area contributed by atoms with Gasteiger partial charge in [-0.2, -0.15) is 5.26 Å². The van der Waals surface area contributed by atoms with Gasteiger partial charge in [-0.1, -0.05) is 6.07 Å². The number of pyridine rings is 1. The highest BCUT2D eigenvalue weighted by atomic mass is 14.7. The molecule has 1 aromatic heterocycles. The molecule has 4 fully saturated rings. The van der Waals surface area contributed by atoms with Gasteiger partial charge in [0, 0.05) is 6.20 Å². The molecule has 0 saturated heterocycles. The number of nitriles is 1. The van der Waals surface area contributed by atoms with Crippen molar-refractivity contribution >= 4 is 0 Å². The first kappa shape index (κ1) is 10.6. The van der Waals surface area contributed by atoms with Gasteiger partial charge in [-0.25, -0.2) is 4.98 Å². The summed E-state index contributed by atoms with van der Waals surface area (Å²) in [6, 6.07) is 6.15. The predicted octanol–water partition coefficient (Wildman–Crippen LogP) is 3.49. The molecule has 0 aromatic carbocycles. The van der Waals surface area contributed by atoms with E-state index in [9.17, 15) is 0 Å². The SMILES string of the molecule is N#Cc1ccc(C2C3CC4CC(C3)CC2C4)cn1. The van der Waals surface area contributed by atoms with Crippen LogP contribution >= 0.6 is 0 Å². The van der Waals surface area contributed by atoms with Crippen molar-refractivity contribution in [3.8, 4) is 6.07 Å². The smallest absolute Gasteiger partial charge is 0.140 e. The van der Waals surface area contributed by atoms with Gasteiger partial charge in [-0.05, 0) is 73.3 Å². The van der Waals surface area contributed by atoms with Crippen LogP contribution in [0, 0.1) is 35.0 Å². The Morgan fingerprint density at radius 3 is 2.17 bits per heavy atom. The Kier molecular flexibility index (Phi) is 2.24. The van der Waals surface area contributed by atoms with Crippen LogP contribution < -0.4 is 0 Å². The van der Waals surface area contributed by atoms with Gasteiger partial charge in [0.25, 0.3) is 0 Å². The molecule has 0 N–H and O–H groups in total. The van der Waals surface area contributed by atoms with Crippen molar-refractivity contribution in [3.05, 3.63) is 29.6 Å². The third-order valence-corrected chi connectivity index (χ3v) is 5.51. The summed E-state index contributed by atoms with van der Waals surface area (Å²) in [6.45, 7) is 0. The normalized spacial score (nSPS) is 40.7. The molecule has 5 rings (SSSR count). The van der Waals surface area contributed by atoms with Crippen LogP contribution in [0.4, 0.5) is 0 Å². The Balaban J connectivity index is 1.66. The molecule has 0 radical (unpaired) electrons. The first-order chi connectivity index (χ1) is 8.83. The summed E-state index contributed by atoms with van der Waals surface area (Å²) in [6.07, 6.45) is 9.24.